The number of carbonyl (C=O) groups excluding carboxylic acids is 1. The molecular formula is C19H23NO7. The van der Waals surface area contributed by atoms with Gasteiger partial charge in [-0.25, -0.2) is 4.79 Å². The van der Waals surface area contributed by atoms with E-state index in [2.05, 4.69) is 0 Å². The maximum absolute atomic E-state index is 12.5. The summed E-state index contributed by atoms with van der Waals surface area (Å²) in [6.07, 6.45) is 0. The Labute approximate surface area is 157 Å². The van der Waals surface area contributed by atoms with Crippen LogP contribution in [0.25, 0.3) is 11.3 Å². The molecule has 8 heteroatoms. The van der Waals surface area contributed by atoms with Gasteiger partial charge in [-0.15, -0.1) is 0 Å². The number of amides is 1. The molecule has 1 aromatic carbocycles. The second kappa shape index (κ2) is 8.48. The van der Waals surface area contributed by atoms with Crippen molar-refractivity contribution in [1.29, 1.82) is 0 Å². The van der Waals surface area contributed by atoms with Gasteiger partial charge in [0.05, 0.1) is 26.9 Å². The Morgan fingerprint density at radius 2 is 1.59 bits per heavy atom. The van der Waals surface area contributed by atoms with Crippen molar-refractivity contribution >= 4 is 11.9 Å². The Bertz CT molecular complexity index is 837. The van der Waals surface area contributed by atoms with Crippen molar-refractivity contribution in [2.24, 2.45) is 0 Å². The number of hydrogen-bond donors (Lipinski definition) is 1. The van der Waals surface area contributed by atoms with Gasteiger partial charge >= 0.3 is 5.97 Å². The summed E-state index contributed by atoms with van der Waals surface area (Å²) in [5.74, 6) is -0.590. The van der Waals surface area contributed by atoms with Crippen molar-refractivity contribution in [3.05, 3.63) is 29.5 Å². The topological polar surface area (TPSA) is 98.4 Å². The molecular weight excluding hydrogens is 354 g/mol. The molecule has 1 amide bonds. The average molecular weight is 377 g/mol. The summed E-state index contributed by atoms with van der Waals surface area (Å²) in [5.41, 5.74) is 0.226. The highest BCUT2D eigenvalue weighted by molar-refractivity contribution is 5.96. The molecule has 8 nitrogen and oxygen atoms in total. The number of benzene rings is 1. The molecule has 0 aliphatic rings. The lowest BCUT2D eigenvalue weighted by Gasteiger charge is -2.17. The minimum Gasteiger partial charge on any atom is -0.492 e. The SMILES string of the molecule is CCN(CC)C(=O)c1ccc(-c2cc(C(=O)O)c(OC)c(OC)c2OC)o1. The van der Waals surface area contributed by atoms with Gasteiger partial charge in [-0.3, -0.25) is 4.79 Å². The number of aromatic carboxylic acids is 1. The second-order valence-corrected chi connectivity index (χ2v) is 5.52. The molecule has 2 aromatic rings. The molecule has 0 aliphatic carbocycles. The maximum Gasteiger partial charge on any atom is 0.339 e. The Hall–Kier alpha value is -3.16. The summed E-state index contributed by atoms with van der Waals surface area (Å²) in [7, 11) is 4.15. The largest absolute Gasteiger partial charge is 0.492 e. The third kappa shape index (κ3) is 3.69. The standard InChI is InChI=1S/C19H23NO7/c1-6-20(7-2)18(21)14-9-8-13(27-14)11-10-12(19(22)23)16(25-4)17(26-5)15(11)24-3/h8-10H,6-7H2,1-5H3,(H,22,23). The van der Waals surface area contributed by atoms with Gasteiger partial charge in [0.2, 0.25) is 5.75 Å². The Balaban J connectivity index is 2.64. The molecule has 0 saturated carbocycles. The highest BCUT2D eigenvalue weighted by Gasteiger charge is 2.27. The molecule has 2 rings (SSSR count). The first-order valence-electron chi connectivity index (χ1n) is 8.39. The van der Waals surface area contributed by atoms with Crippen molar-refractivity contribution in [3.63, 3.8) is 0 Å². The lowest BCUT2D eigenvalue weighted by Crippen LogP contribution is -2.30. The van der Waals surface area contributed by atoms with Crippen LogP contribution in [0.4, 0.5) is 0 Å². The van der Waals surface area contributed by atoms with E-state index in [-0.39, 0.29) is 40.2 Å². The van der Waals surface area contributed by atoms with Gasteiger partial charge in [-0.2, -0.15) is 0 Å². The fourth-order valence-corrected chi connectivity index (χ4v) is 2.82. The van der Waals surface area contributed by atoms with E-state index in [9.17, 15) is 14.7 Å². The zero-order valence-corrected chi connectivity index (χ0v) is 16.0. The molecule has 0 bridgehead atoms. The van der Waals surface area contributed by atoms with Crippen LogP contribution in [0, 0.1) is 0 Å². The van der Waals surface area contributed by atoms with Crippen LogP contribution in [0.15, 0.2) is 22.6 Å². The van der Waals surface area contributed by atoms with E-state index < -0.39 is 5.97 Å². The van der Waals surface area contributed by atoms with E-state index in [0.717, 1.165) is 0 Å². The van der Waals surface area contributed by atoms with E-state index >= 15 is 0 Å². The fourth-order valence-electron chi connectivity index (χ4n) is 2.82. The van der Waals surface area contributed by atoms with E-state index in [0.29, 0.717) is 18.7 Å². The number of furan rings is 1. The number of carbonyl (C=O) groups is 2. The average Bonchev–Trinajstić information content (AvgIpc) is 3.16. The van der Waals surface area contributed by atoms with Crippen LogP contribution >= 0.6 is 0 Å². The molecule has 146 valence electrons. The van der Waals surface area contributed by atoms with Crippen LogP contribution in [0.1, 0.15) is 34.8 Å². The molecule has 0 saturated heterocycles. The highest BCUT2D eigenvalue weighted by atomic mass is 16.5. The number of carboxylic acids is 1. The van der Waals surface area contributed by atoms with Crippen molar-refractivity contribution < 1.29 is 33.3 Å². The zero-order chi connectivity index (χ0) is 20.1. The summed E-state index contributed by atoms with van der Waals surface area (Å²) in [6.45, 7) is 4.85. The fraction of sp³-hybridized carbons (Fsp3) is 0.368. The van der Waals surface area contributed by atoms with Crippen LogP contribution in [-0.4, -0.2) is 56.3 Å². The van der Waals surface area contributed by atoms with Crippen LogP contribution < -0.4 is 14.2 Å². The van der Waals surface area contributed by atoms with Gasteiger partial charge < -0.3 is 28.6 Å². The number of hydrogen-bond acceptors (Lipinski definition) is 6. The minimum absolute atomic E-state index is 0.0385. The lowest BCUT2D eigenvalue weighted by atomic mass is 10.0. The molecule has 0 atom stereocenters. The van der Waals surface area contributed by atoms with Gasteiger partial charge in [0.15, 0.2) is 17.3 Å². The molecule has 27 heavy (non-hydrogen) atoms. The van der Waals surface area contributed by atoms with E-state index in [1.165, 1.54) is 27.4 Å². The quantitative estimate of drug-likeness (QED) is 0.754. The van der Waals surface area contributed by atoms with Crippen molar-refractivity contribution in [2.75, 3.05) is 34.4 Å². The van der Waals surface area contributed by atoms with Crippen LogP contribution in [-0.2, 0) is 0 Å². The van der Waals surface area contributed by atoms with Crippen molar-refractivity contribution in [2.45, 2.75) is 13.8 Å². The van der Waals surface area contributed by atoms with E-state index in [1.54, 1.807) is 17.0 Å². The molecule has 0 radical (unpaired) electrons. The minimum atomic E-state index is -1.19. The molecule has 0 unspecified atom stereocenters. The molecule has 0 spiro atoms. The monoisotopic (exact) mass is 377 g/mol. The smallest absolute Gasteiger partial charge is 0.339 e. The van der Waals surface area contributed by atoms with E-state index in [1.807, 2.05) is 13.8 Å². The van der Waals surface area contributed by atoms with Crippen molar-refractivity contribution in [1.82, 2.24) is 4.90 Å². The second-order valence-electron chi connectivity index (χ2n) is 5.52. The summed E-state index contributed by atoms with van der Waals surface area (Å²) >= 11 is 0. The summed E-state index contributed by atoms with van der Waals surface area (Å²) in [6, 6.07) is 4.51. The van der Waals surface area contributed by atoms with Gasteiger partial charge in [0.25, 0.3) is 5.91 Å². The first-order chi connectivity index (χ1) is 12.9. The molecule has 1 N–H and O–H groups in total. The van der Waals surface area contributed by atoms with Crippen LogP contribution in [0.2, 0.25) is 0 Å². The number of ether oxygens (including phenoxy) is 3. The first-order valence-corrected chi connectivity index (χ1v) is 8.39. The van der Waals surface area contributed by atoms with Gasteiger partial charge in [-0.05, 0) is 32.0 Å². The molecule has 0 fully saturated rings. The maximum atomic E-state index is 12.5. The Morgan fingerprint density at radius 1 is 1.00 bits per heavy atom. The zero-order valence-electron chi connectivity index (χ0n) is 16.0. The van der Waals surface area contributed by atoms with Gasteiger partial charge in [0, 0.05) is 13.1 Å². The van der Waals surface area contributed by atoms with Gasteiger partial charge in [0.1, 0.15) is 11.3 Å². The predicted molar refractivity (Wildman–Crippen MR) is 98.0 cm³/mol. The molecule has 1 heterocycles. The van der Waals surface area contributed by atoms with Crippen LogP contribution in [0.5, 0.6) is 17.2 Å². The number of nitrogens with zero attached hydrogens (tertiary/aromatic N) is 1. The highest BCUT2D eigenvalue weighted by Crippen LogP contribution is 2.47. The summed E-state index contributed by atoms with van der Waals surface area (Å²) < 4.78 is 21.6. The van der Waals surface area contributed by atoms with Crippen molar-refractivity contribution in [3.8, 4) is 28.6 Å². The third-order valence-electron chi connectivity index (χ3n) is 4.17. The number of methoxy groups -OCH3 is 3. The van der Waals surface area contributed by atoms with E-state index in [4.69, 9.17) is 18.6 Å². The summed E-state index contributed by atoms with van der Waals surface area (Å²) in [4.78, 5) is 25.7. The first kappa shape index (κ1) is 20.2. The lowest BCUT2D eigenvalue weighted by molar-refractivity contribution is 0.0690. The molecule has 1 aromatic heterocycles. The summed E-state index contributed by atoms with van der Waals surface area (Å²) in [5, 5.41) is 9.51. The Morgan fingerprint density at radius 3 is 2.07 bits per heavy atom. The van der Waals surface area contributed by atoms with Crippen LogP contribution in [0.3, 0.4) is 0 Å². The number of carboxylic acid groups (broad SMARTS) is 1. The Kier molecular flexibility index (Phi) is 6.33. The third-order valence-corrected chi connectivity index (χ3v) is 4.17. The normalized spacial score (nSPS) is 10.4. The van der Waals surface area contributed by atoms with Gasteiger partial charge in [-0.1, -0.05) is 0 Å². The molecule has 0 aliphatic heterocycles. The number of rotatable bonds is 8. The predicted octanol–water partition coefficient (Wildman–Crippen LogP) is 3.15.